The third-order valence-corrected chi connectivity index (χ3v) is 3.23. The van der Waals surface area contributed by atoms with Crippen molar-refractivity contribution in [3.05, 3.63) is 10.2 Å². The Bertz CT molecular complexity index is 410. The maximum absolute atomic E-state index is 11.6. The van der Waals surface area contributed by atoms with Crippen LogP contribution in [0, 0.1) is 5.92 Å². The molecule has 5 nitrogen and oxygen atoms in total. The highest BCUT2D eigenvalue weighted by Gasteiger charge is 2.39. The minimum Gasteiger partial charge on any atom is -0.385 e. The van der Waals surface area contributed by atoms with Crippen molar-refractivity contribution in [2.45, 2.75) is 6.92 Å². The van der Waals surface area contributed by atoms with Gasteiger partial charge in [0.25, 0.3) is 5.91 Å². The van der Waals surface area contributed by atoms with Crippen LogP contribution in [0.25, 0.3) is 0 Å². The molecule has 0 aromatic carbocycles. The molecule has 0 aromatic heterocycles. The molecule has 2 aliphatic rings. The zero-order valence-corrected chi connectivity index (χ0v) is 9.37. The van der Waals surface area contributed by atoms with Crippen LogP contribution in [-0.2, 0) is 4.79 Å². The average molecular weight is 257 g/mol. The highest BCUT2D eigenvalue weighted by Crippen LogP contribution is 2.33. The lowest BCUT2D eigenvalue weighted by Crippen LogP contribution is -2.32. The van der Waals surface area contributed by atoms with Gasteiger partial charge in [-0.1, -0.05) is 0 Å². The number of amidine groups is 1. The summed E-state index contributed by atoms with van der Waals surface area (Å²) in [6.07, 6.45) is 0. The van der Waals surface area contributed by atoms with Crippen molar-refractivity contribution < 1.29 is 4.79 Å². The molecule has 0 aromatic rings. The van der Waals surface area contributed by atoms with Gasteiger partial charge in [-0.05, 0) is 22.9 Å². The standard InChI is InChI=1S/C8H9BrN4O/c1-3-5(9)6-4(8(14)11-3)7(10)12-13(6)2/h4H,1-2H3,(H2,10,12). The second-order valence-corrected chi connectivity index (χ2v) is 4.01. The molecule has 1 atom stereocenters. The predicted molar refractivity (Wildman–Crippen MR) is 56.9 cm³/mol. The predicted octanol–water partition coefficient (Wildman–Crippen LogP) is 0.428. The molecule has 0 fully saturated rings. The fourth-order valence-corrected chi connectivity index (χ4v) is 2.16. The van der Waals surface area contributed by atoms with Gasteiger partial charge in [-0.15, -0.1) is 0 Å². The second-order valence-electron chi connectivity index (χ2n) is 3.22. The number of amides is 1. The molecule has 2 N–H and O–H groups in total. The van der Waals surface area contributed by atoms with E-state index in [1.807, 2.05) is 0 Å². The van der Waals surface area contributed by atoms with Gasteiger partial charge in [0.1, 0.15) is 11.8 Å². The summed E-state index contributed by atoms with van der Waals surface area (Å²) in [6.45, 7) is 1.77. The number of hydrogen-bond donors (Lipinski definition) is 1. The highest BCUT2D eigenvalue weighted by molar-refractivity contribution is 9.12. The van der Waals surface area contributed by atoms with Crippen LogP contribution < -0.4 is 5.73 Å². The van der Waals surface area contributed by atoms with Crippen LogP contribution in [0.2, 0.25) is 0 Å². The highest BCUT2D eigenvalue weighted by atomic mass is 79.9. The summed E-state index contributed by atoms with van der Waals surface area (Å²) in [7, 11) is 1.76. The summed E-state index contributed by atoms with van der Waals surface area (Å²) in [5, 5.41) is 5.63. The Balaban J connectivity index is 2.57. The van der Waals surface area contributed by atoms with E-state index < -0.39 is 5.92 Å². The van der Waals surface area contributed by atoms with Gasteiger partial charge < -0.3 is 5.73 Å². The van der Waals surface area contributed by atoms with Gasteiger partial charge in [-0.3, -0.25) is 9.80 Å². The van der Waals surface area contributed by atoms with E-state index in [-0.39, 0.29) is 5.91 Å². The number of carbonyl (C=O) groups excluding carboxylic acids is 1. The number of fused-ring (bicyclic) bond motifs is 1. The maximum atomic E-state index is 11.6. The van der Waals surface area contributed by atoms with E-state index in [0.717, 1.165) is 10.2 Å². The summed E-state index contributed by atoms with van der Waals surface area (Å²) < 4.78 is 0.800. The quantitative estimate of drug-likeness (QED) is 0.684. The summed E-state index contributed by atoms with van der Waals surface area (Å²) in [6, 6.07) is 0. The molecule has 6 heteroatoms. The van der Waals surface area contributed by atoms with Gasteiger partial charge in [-0.2, -0.15) is 5.10 Å². The normalized spacial score (nSPS) is 26.4. The van der Waals surface area contributed by atoms with Crippen molar-refractivity contribution in [3.63, 3.8) is 0 Å². The lowest BCUT2D eigenvalue weighted by molar-refractivity contribution is -0.119. The third-order valence-electron chi connectivity index (χ3n) is 2.25. The van der Waals surface area contributed by atoms with Crippen LogP contribution in [0.15, 0.2) is 20.3 Å². The van der Waals surface area contributed by atoms with Crippen molar-refractivity contribution >= 4 is 33.4 Å². The third kappa shape index (κ3) is 1.10. The summed E-state index contributed by atoms with van der Waals surface area (Å²) in [4.78, 5) is 15.4. The lowest BCUT2D eigenvalue weighted by atomic mass is 10.0. The molecular formula is C8H9BrN4O. The van der Waals surface area contributed by atoms with Gasteiger partial charge in [0.05, 0.1) is 15.9 Å². The van der Waals surface area contributed by atoms with Crippen LogP contribution in [0.4, 0.5) is 0 Å². The van der Waals surface area contributed by atoms with E-state index >= 15 is 0 Å². The first kappa shape index (κ1) is 9.39. The fourth-order valence-electron chi connectivity index (χ4n) is 1.59. The molecular weight excluding hydrogens is 248 g/mol. The topological polar surface area (TPSA) is 71.0 Å². The number of nitrogens with zero attached hydrogens (tertiary/aromatic N) is 3. The van der Waals surface area contributed by atoms with E-state index in [1.54, 1.807) is 19.0 Å². The van der Waals surface area contributed by atoms with Crippen molar-refractivity contribution in [2.24, 2.45) is 21.7 Å². The summed E-state index contributed by atoms with van der Waals surface area (Å²) in [5.74, 6) is -0.440. The van der Waals surface area contributed by atoms with Crippen LogP contribution >= 0.6 is 15.9 Å². The molecule has 0 spiro atoms. The number of aliphatic imine (C=N–C) groups is 1. The number of halogens is 1. The SMILES string of the molecule is CC1=NC(=O)C2C(N)=NN(C)C2=C1Br. The first-order chi connectivity index (χ1) is 6.52. The molecule has 2 heterocycles. The summed E-state index contributed by atoms with van der Waals surface area (Å²) in [5.41, 5.74) is 7.08. The fraction of sp³-hybridized carbons (Fsp3) is 0.375. The molecule has 2 rings (SSSR count). The Morgan fingerprint density at radius 2 is 2.21 bits per heavy atom. The zero-order chi connectivity index (χ0) is 10.5. The maximum Gasteiger partial charge on any atom is 0.262 e. The lowest BCUT2D eigenvalue weighted by Gasteiger charge is -2.19. The molecule has 1 amide bonds. The van der Waals surface area contributed by atoms with Gasteiger partial charge >= 0.3 is 0 Å². The van der Waals surface area contributed by atoms with Crippen molar-refractivity contribution in [1.29, 1.82) is 0 Å². The minimum atomic E-state index is -0.502. The molecule has 0 bridgehead atoms. The van der Waals surface area contributed by atoms with Crippen LogP contribution in [-0.4, -0.2) is 29.5 Å². The van der Waals surface area contributed by atoms with Crippen molar-refractivity contribution in [2.75, 3.05) is 7.05 Å². The molecule has 14 heavy (non-hydrogen) atoms. The molecule has 1 unspecified atom stereocenters. The number of allylic oxidation sites excluding steroid dienone is 1. The monoisotopic (exact) mass is 256 g/mol. The number of hydrazone groups is 1. The van der Waals surface area contributed by atoms with Crippen LogP contribution in [0.1, 0.15) is 6.92 Å². The average Bonchev–Trinajstić information content (AvgIpc) is 2.38. The van der Waals surface area contributed by atoms with E-state index in [2.05, 4.69) is 26.0 Å². The minimum absolute atomic E-state index is 0.244. The van der Waals surface area contributed by atoms with E-state index in [9.17, 15) is 4.79 Å². The smallest absolute Gasteiger partial charge is 0.262 e. The first-order valence-corrected chi connectivity index (χ1v) is 4.88. The first-order valence-electron chi connectivity index (χ1n) is 4.09. The largest absolute Gasteiger partial charge is 0.385 e. The van der Waals surface area contributed by atoms with E-state index in [0.29, 0.717) is 11.5 Å². The number of rotatable bonds is 0. The van der Waals surface area contributed by atoms with E-state index in [1.165, 1.54) is 0 Å². The Labute approximate surface area is 89.5 Å². The Morgan fingerprint density at radius 1 is 1.57 bits per heavy atom. The summed E-state index contributed by atoms with van der Waals surface area (Å²) >= 11 is 3.38. The molecule has 0 radical (unpaired) electrons. The molecule has 2 aliphatic heterocycles. The van der Waals surface area contributed by atoms with Crippen molar-refractivity contribution in [1.82, 2.24) is 5.01 Å². The van der Waals surface area contributed by atoms with Gasteiger partial charge in [0.15, 0.2) is 0 Å². The van der Waals surface area contributed by atoms with Gasteiger partial charge in [-0.25, -0.2) is 4.99 Å². The number of dihydropyridines is 1. The molecule has 0 aliphatic carbocycles. The molecule has 0 saturated heterocycles. The van der Waals surface area contributed by atoms with Crippen LogP contribution in [0.5, 0.6) is 0 Å². The Kier molecular flexibility index (Phi) is 1.95. The number of carbonyl (C=O) groups is 1. The second kappa shape index (κ2) is 2.91. The van der Waals surface area contributed by atoms with Crippen LogP contribution in [0.3, 0.4) is 0 Å². The number of nitrogens with two attached hydrogens (primary N) is 1. The Hall–Kier alpha value is -1.17. The van der Waals surface area contributed by atoms with E-state index in [4.69, 9.17) is 5.73 Å². The van der Waals surface area contributed by atoms with Gasteiger partial charge in [0.2, 0.25) is 0 Å². The molecule has 74 valence electrons. The zero-order valence-electron chi connectivity index (χ0n) is 7.78. The number of hydrogen-bond acceptors (Lipinski definition) is 4. The molecule has 0 saturated carbocycles. The Morgan fingerprint density at radius 3 is 2.86 bits per heavy atom. The van der Waals surface area contributed by atoms with Crippen molar-refractivity contribution in [3.8, 4) is 0 Å². The van der Waals surface area contributed by atoms with Gasteiger partial charge in [0, 0.05) is 7.05 Å².